The molecule has 0 bridgehead atoms. The third-order valence-corrected chi connectivity index (χ3v) is 4.52. The van der Waals surface area contributed by atoms with Gasteiger partial charge in [-0.2, -0.15) is 4.98 Å². The Bertz CT molecular complexity index is 1040. The lowest BCUT2D eigenvalue weighted by Crippen LogP contribution is -2.14. The molecule has 0 atom stereocenters. The molecule has 7 heteroatoms. The first-order valence-corrected chi connectivity index (χ1v) is 8.55. The number of hydrogen-bond acceptors (Lipinski definition) is 3. The van der Waals surface area contributed by atoms with Gasteiger partial charge in [0.1, 0.15) is 5.82 Å². The van der Waals surface area contributed by atoms with E-state index >= 15 is 0 Å². The molecule has 3 N–H and O–H groups in total. The van der Waals surface area contributed by atoms with Crippen molar-refractivity contribution in [2.24, 2.45) is 0 Å². The molecule has 0 aliphatic carbocycles. The lowest BCUT2D eigenvalue weighted by atomic mass is 10.1. The van der Waals surface area contributed by atoms with Gasteiger partial charge in [-0.15, -0.1) is 0 Å². The molecule has 0 aliphatic heterocycles. The summed E-state index contributed by atoms with van der Waals surface area (Å²) in [5.41, 5.74) is 2.95. The third kappa shape index (κ3) is 3.41. The van der Waals surface area contributed by atoms with E-state index in [1.807, 2.05) is 23.7 Å². The van der Waals surface area contributed by atoms with Crippen molar-refractivity contribution in [1.29, 1.82) is 0 Å². The van der Waals surface area contributed by atoms with E-state index in [1.54, 1.807) is 29.5 Å². The predicted octanol–water partition coefficient (Wildman–Crippen LogP) is 3.43. The number of H-pyrrole nitrogens is 2. The Hall–Kier alpha value is -3.06. The Morgan fingerprint density at radius 1 is 1.28 bits per heavy atom. The van der Waals surface area contributed by atoms with E-state index in [-0.39, 0.29) is 18.1 Å². The number of hydrogen-bond donors (Lipinski definition) is 2. The number of anilines is 1. The Kier molecular flexibility index (Phi) is 3.99. The fourth-order valence-corrected chi connectivity index (χ4v) is 3.22. The monoisotopic (exact) mass is 353 g/mol. The first-order chi connectivity index (χ1) is 12.2. The summed E-state index contributed by atoms with van der Waals surface area (Å²) in [6, 6.07) is 11.5. The van der Waals surface area contributed by atoms with Crippen LogP contribution in [0.5, 0.6) is 0 Å². The molecule has 0 unspecified atom stereocenters. The van der Waals surface area contributed by atoms with Crippen molar-refractivity contribution in [2.75, 3.05) is 5.32 Å². The van der Waals surface area contributed by atoms with Gasteiger partial charge in [0.25, 0.3) is 0 Å². The Labute approximate surface area is 146 Å². The highest BCUT2D eigenvalue weighted by molar-refractivity contribution is 7.12. The first kappa shape index (κ1) is 15.5. The number of nitrogens with zero attached hydrogens (tertiary/aromatic N) is 1. The molecule has 2 heterocycles. The van der Waals surface area contributed by atoms with Crippen molar-refractivity contribution in [1.82, 2.24) is 9.97 Å². The zero-order valence-electron chi connectivity index (χ0n) is 13.0. The number of rotatable bonds is 4. The minimum atomic E-state index is -0.345. The molecule has 4 rings (SSSR count). The van der Waals surface area contributed by atoms with Crippen molar-refractivity contribution in [2.45, 2.75) is 6.42 Å². The minimum Gasteiger partial charge on any atom is -0.332 e. The average Bonchev–Trinajstić information content (AvgIpc) is 3.23. The molecule has 5 nitrogen and oxygen atoms in total. The summed E-state index contributed by atoms with van der Waals surface area (Å²) in [7, 11) is 0. The number of thiazole rings is 1. The van der Waals surface area contributed by atoms with Gasteiger partial charge >= 0.3 is 5.01 Å². The van der Waals surface area contributed by atoms with E-state index in [9.17, 15) is 9.18 Å². The molecule has 0 saturated carbocycles. The standard InChI is InChI=1S/C18H13FN4OS/c19-12-3-1-2-11(8-12)9-16(24)21-13-4-5-14-15(10-13)23-17(22-14)18-20-6-7-25-18/h1-8,10H,9H2,(H,21,24)(H,22,23)/p+1. The van der Waals surface area contributed by atoms with Crippen molar-refractivity contribution < 1.29 is 14.2 Å². The molecule has 4 aromatic rings. The van der Waals surface area contributed by atoms with Crippen molar-refractivity contribution in [3.63, 3.8) is 0 Å². The van der Waals surface area contributed by atoms with Crippen LogP contribution in [0.2, 0.25) is 0 Å². The van der Waals surface area contributed by atoms with Crippen LogP contribution in [0.25, 0.3) is 21.9 Å². The normalized spacial score (nSPS) is 10.9. The number of carbonyl (C=O) groups excluding carboxylic acids is 1. The molecule has 0 aliphatic rings. The molecule has 2 aromatic carbocycles. The van der Waals surface area contributed by atoms with Crippen LogP contribution in [0.3, 0.4) is 0 Å². The van der Waals surface area contributed by atoms with Crippen LogP contribution in [0, 0.1) is 5.82 Å². The van der Waals surface area contributed by atoms with E-state index in [4.69, 9.17) is 0 Å². The van der Waals surface area contributed by atoms with Crippen molar-refractivity contribution >= 4 is 34.0 Å². The number of imidazole rings is 1. The maximum absolute atomic E-state index is 13.2. The molecule has 0 saturated heterocycles. The van der Waals surface area contributed by atoms with Crippen LogP contribution in [0.1, 0.15) is 5.56 Å². The van der Waals surface area contributed by atoms with E-state index in [0.29, 0.717) is 11.3 Å². The average molecular weight is 353 g/mol. The summed E-state index contributed by atoms with van der Waals surface area (Å²) in [4.78, 5) is 23.0. The molecular formula is C18H14FN4OS+. The first-order valence-electron chi connectivity index (χ1n) is 7.67. The Morgan fingerprint density at radius 3 is 3.00 bits per heavy atom. The number of aromatic amines is 2. The zero-order chi connectivity index (χ0) is 17.2. The summed E-state index contributed by atoms with van der Waals surface area (Å²) in [6.07, 6.45) is 1.97. The topological polar surface area (TPSA) is 71.9 Å². The lowest BCUT2D eigenvalue weighted by molar-refractivity contribution is -0.358. The maximum Gasteiger partial charge on any atom is 0.303 e. The summed E-state index contributed by atoms with van der Waals surface area (Å²) in [5.74, 6) is 0.214. The van der Waals surface area contributed by atoms with E-state index in [1.165, 1.54) is 12.1 Å². The molecule has 1 amide bonds. The van der Waals surface area contributed by atoms with E-state index in [0.717, 1.165) is 21.9 Å². The molecule has 124 valence electrons. The number of nitrogens with one attached hydrogen (secondary N) is 3. The van der Waals surface area contributed by atoms with Gasteiger partial charge in [0.2, 0.25) is 11.7 Å². The van der Waals surface area contributed by atoms with E-state index < -0.39 is 0 Å². The summed E-state index contributed by atoms with van der Waals surface area (Å²) in [6.45, 7) is 0. The largest absolute Gasteiger partial charge is 0.332 e. The Balaban J connectivity index is 1.52. The SMILES string of the molecule is O=C(Cc1cccc(F)c1)Nc1ccc2nc(-c3[nH+]ccs3)[nH]c2c1. The van der Waals surface area contributed by atoms with Crippen LogP contribution >= 0.6 is 11.3 Å². The van der Waals surface area contributed by atoms with Crippen LogP contribution in [0.15, 0.2) is 54.0 Å². The number of halogens is 1. The number of amides is 1. The van der Waals surface area contributed by atoms with Crippen molar-refractivity contribution in [3.8, 4) is 10.8 Å². The zero-order valence-corrected chi connectivity index (χ0v) is 13.9. The summed E-state index contributed by atoms with van der Waals surface area (Å²) < 4.78 is 13.2. The predicted molar refractivity (Wildman–Crippen MR) is 94.7 cm³/mol. The van der Waals surface area contributed by atoms with Gasteiger partial charge in [0.15, 0.2) is 6.20 Å². The fourth-order valence-electron chi connectivity index (χ4n) is 2.60. The molecule has 0 spiro atoms. The van der Waals surface area contributed by atoms with Gasteiger partial charge < -0.3 is 10.3 Å². The number of carbonyl (C=O) groups is 1. The van der Waals surface area contributed by atoms with Crippen LogP contribution in [-0.4, -0.2) is 15.9 Å². The number of fused-ring (bicyclic) bond motifs is 1. The lowest BCUT2D eigenvalue weighted by Gasteiger charge is -2.05. The quantitative estimate of drug-likeness (QED) is 0.590. The molecule has 25 heavy (non-hydrogen) atoms. The smallest absolute Gasteiger partial charge is 0.303 e. The maximum atomic E-state index is 13.2. The van der Waals surface area contributed by atoms with Gasteiger partial charge in [-0.25, -0.2) is 9.37 Å². The highest BCUT2D eigenvalue weighted by Gasteiger charge is 2.13. The fraction of sp³-hybridized carbons (Fsp3) is 0.0556. The molecule has 0 radical (unpaired) electrons. The minimum absolute atomic E-state index is 0.119. The van der Waals surface area contributed by atoms with Gasteiger partial charge in [-0.05, 0) is 35.9 Å². The third-order valence-electron chi connectivity index (χ3n) is 3.70. The highest BCUT2D eigenvalue weighted by atomic mass is 32.1. The molecule has 0 fully saturated rings. The summed E-state index contributed by atoms with van der Waals surface area (Å²) >= 11 is 1.56. The molecular weight excluding hydrogens is 339 g/mol. The second-order valence-corrected chi connectivity index (χ2v) is 6.48. The highest BCUT2D eigenvalue weighted by Crippen LogP contribution is 2.22. The summed E-state index contributed by atoms with van der Waals surface area (Å²) in [5, 5.41) is 5.71. The molecule has 2 aromatic heterocycles. The van der Waals surface area contributed by atoms with Gasteiger partial charge in [0.05, 0.1) is 22.8 Å². The second kappa shape index (κ2) is 6.45. The van der Waals surface area contributed by atoms with Gasteiger partial charge in [-0.1, -0.05) is 23.5 Å². The van der Waals surface area contributed by atoms with E-state index in [2.05, 4.69) is 20.3 Å². The van der Waals surface area contributed by atoms with Crippen LogP contribution in [0.4, 0.5) is 10.1 Å². The Morgan fingerprint density at radius 2 is 2.20 bits per heavy atom. The van der Waals surface area contributed by atoms with Crippen LogP contribution < -0.4 is 10.3 Å². The van der Waals surface area contributed by atoms with Crippen molar-refractivity contribution in [3.05, 3.63) is 65.4 Å². The second-order valence-electron chi connectivity index (χ2n) is 5.57. The number of benzene rings is 2. The van der Waals surface area contributed by atoms with Gasteiger partial charge in [0, 0.05) is 5.69 Å². The number of aromatic nitrogens is 3. The van der Waals surface area contributed by atoms with Gasteiger partial charge in [-0.3, -0.25) is 4.79 Å². The van der Waals surface area contributed by atoms with Crippen LogP contribution in [-0.2, 0) is 11.2 Å².